The van der Waals surface area contributed by atoms with Crippen molar-refractivity contribution in [3.63, 3.8) is 0 Å². The van der Waals surface area contributed by atoms with E-state index in [2.05, 4.69) is 35.1 Å². The van der Waals surface area contributed by atoms with Gasteiger partial charge in [0.25, 0.3) is 0 Å². The molecular formula is C15H11N3. The molecule has 0 aliphatic rings. The fourth-order valence-electron chi connectivity index (χ4n) is 2.02. The van der Waals surface area contributed by atoms with E-state index < -0.39 is 0 Å². The molecule has 0 spiro atoms. The molecule has 0 aliphatic heterocycles. The van der Waals surface area contributed by atoms with Crippen molar-refractivity contribution in [1.82, 2.24) is 14.8 Å². The number of nitrogens with zero attached hydrogens (tertiary/aromatic N) is 3. The van der Waals surface area contributed by atoms with E-state index in [1.165, 1.54) is 5.56 Å². The molecule has 3 aromatic rings. The number of terminal acetylenes is 1. The minimum Gasteiger partial charge on any atom is -0.261 e. The van der Waals surface area contributed by atoms with E-state index in [1.807, 2.05) is 16.8 Å². The first-order valence-corrected chi connectivity index (χ1v) is 5.65. The lowest BCUT2D eigenvalue weighted by atomic mass is 10.2. The Bertz CT molecular complexity index is 763. The van der Waals surface area contributed by atoms with Crippen molar-refractivity contribution in [1.29, 1.82) is 0 Å². The molecule has 0 saturated heterocycles. The normalized spacial score (nSPS) is 10.4. The number of fused-ring (bicyclic) bond motifs is 1. The second-order valence-corrected chi connectivity index (χ2v) is 4.16. The summed E-state index contributed by atoms with van der Waals surface area (Å²) in [6.07, 6.45) is 10.7. The third-order valence-electron chi connectivity index (χ3n) is 2.90. The van der Waals surface area contributed by atoms with Gasteiger partial charge in [0.1, 0.15) is 0 Å². The second-order valence-electron chi connectivity index (χ2n) is 4.16. The molecule has 0 amide bonds. The predicted molar refractivity (Wildman–Crippen MR) is 71.5 cm³/mol. The Morgan fingerprint density at radius 2 is 2.11 bits per heavy atom. The van der Waals surface area contributed by atoms with Crippen molar-refractivity contribution in [2.45, 2.75) is 6.92 Å². The molecule has 18 heavy (non-hydrogen) atoms. The fourth-order valence-corrected chi connectivity index (χ4v) is 2.02. The molecule has 0 N–H and O–H groups in total. The van der Waals surface area contributed by atoms with Crippen molar-refractivity contribution in [2.24, 2.45) is 0 Å². The molecule has 3 heteroatoms. The van der Waals surface area contributed by atoms with Crippen LogP contribution >= 0.6 is 0 Å². The van der Waals surface area contributed by atoms with Crippen LogP contribution in [-0.4, -0.2) is 14.8 Å². The summed E-state index contributed by atoms with van der Waals surface area (Å²) in [5, 5.41) is 5.35. The summed E-state index contributed by atoms with van der Waals surface area (Å²) < 4.78 is 1.86. The van der Waals surface area contributed by atoms with E-state index in [1.54, 1.807) is 18.6 Å². The highest BCUT2D eigenvalue weighted by Crippen LogP contribution is 2.20. The molecule has 0 fully saturated rings. The summed E-state index contributed by atoms with van der Waals surface area (Å²) in [4.78, 5) is 4.16. The maximum Gasteiger partial charge on any atom is 0.0936 e. The van der Waals surface area contributed by atoms with E-state index in [-0.39, 0.29) is 0 Å². The Morgan fingerprint density at radius 3 is 2.89 bits per heavy atom. The molecule has 0 unspecified atom stereocenters. The third kappa shape index (κ3) is 1.56. The van der Waals surface area contributed by atoms with Crippen molar-refractivity contribution in [2.75, 3.05) is 0 Å². The van der Waals surface area contributed by atoms with E-state index in [0.29, 0.717) is 0 Å². The third-order valence-corrected chi connectivity index (χ3v) is 2.90. The van der Waals surface area contributed by atoms with Crippen LogP contribution in [0.4, 0.5) is 0 Å². The Balaban J connectivity index is 2.29. The van der Waals surface area contributed by atoms with Crippen LogP contribution in [0.5, 0.6) is 0 Å². The van der Waals surface area contributed by atoms with Crippen LogP contribution in [0.15, 0.2) is 42.9 Å². The standard InChI is InChI=1S/C15H11N3/c1-3-12-8-16-10-15-14(12)9-17-18(15)13-6-4-5-11(2)7-13/h1,4-10H,2H3. The van der Waals surface area contributed by atoms with Gasteiger partial charge in [-0.05, 0) is 24.6 Å². The monoisotopic (exact) mass is 233 g/mol. The van der Waals surface area contributed by atoms with Crippen LogP contribution in [0.1, 0.15) is 11.1 Å². The quantitative estimate of drug-likeness (QED) is 0.605. The lowest BCUT2D eigenvalue weighted by Crippen LogP contribution is -1.96. The predicted octanol–water partition coefficient (Wildman–Crippen LogP) is 2.71. The number of pyridine rings is 1. The van der Waals surface area contributed by atoms with Crippen LogP contribution in [0, 0.1) is 19.3 Å². The van der Waals surface area contributed by atoms with Crippen molar-refractivity contribution in [3.8, 4) is 18.0 Å². The lowest BCUT2D eigenvalue weighted by Gasteiger charge is -2.04. The average Bonchev–Trinajstić information content (AvgIpc) is 2.82. The van der Waals surface area contributed by atoms with Gasteiger partial charge in [0, 0.05) is 11.6 Å². The van der Waals surface area contributed by atoms with Gasteiger partial charge in [-0.1, -0.05) is 18.1 Å². The Morgan fingerprint density at radius 1 is 1.22 bits per heavy atom. The SMILES string of the molecule is C#Cc1cncc2c1cnn2-c1cccc(C)c1. The van der Waals surface area contributed by atoms with Crippen LogP contribution in [0.3, 0.4) is 0 Å². The van der Waals surface area contributed by atoms with E-state index in [9.17, 15) is 0 Å². The van der Waals surface area contributed by atoms with Crippen LogP contribution in [0.2, 0.25) is 0 Å². The van der Waals surface area contributed by atoms with Crippen molar-refractivity contribution < 1.29 is 0 Å². The topological polar surface area (TPSA) is 30.7 Å². The van der Waals surface area contributed by atoms with Gasteiger partial charge in [-0.2, -0.15) is 5.10 Å². The van der Waals surface area contributed by atoms with Gasteiger partial charge in [-0.15, -0.1) is 6.42 Å². The first-order valence-electron chi connectivity index (χ1n) is 5.65. The summed E-state index contributed by atoms with van der Waals surface area (Å²) in [5.74, 6) is 2.63. The van der Waals surface area contributed by atoms with Gasteiger partial charge in [-0.25, -0.2) is 4.68 Å². The molecule has 3 rings (SSSR count). The molecule has 0 atom stereocenters. The van der Waals surface area contributed by atoms with Gasteiger partial charge in [0.2, 0.25) is 0 Å². The van der Waals surface area contributed by atoms with E-state index in [0.717, 1.165) is 22.2 Å². The van der Waals surface area contributed by atoms with Crippen LogP contribution < -0.4 is 0 Å². The highest BCUT2D eigenvalue weighted by Gasteiger charge is 2.07. The summed E-state index contributed by atoms with van der Waals surface area (Å²) in [5.41, 5.74) is 3.90. The Kier molecular flexibility index (Phi) is 2.35. The number of hydrogen-bond acceptors (Lipinski definition) is 2. The zero-order valence-electron chi connectivity index (χ0n) is 9.96. The molecule has 2 heterocycles. The molecule has 0 bridgehead atoms. The van der Waals surface area contributed by atoms with Gasteiger partial charge in [0.05, 0.1) is 29.2 Å². The zero-order chi connectivity index (χ0) is 12.5. The number of benzene rings is 1. The molecule has 3 nitrogen and oxygen atoms in total. The molecule has 0 saturated carbocycles. The molecular weight excluding hydrogens is 222 g/mol. The van der Waals surface area contributed by atoms with Crippen LogP contribution in [-0.2, 0) is 0 Å². The van der Waals surface area contributed by atoms with Gasteiger partial charge in [-0.3, -0.25) is 4.98 Å². The summed E-state index contributed by atoms with van der Waals surface area (Å²) in [6.45, 7) is 2.06. The van der Waals surface area contributed by atoms with E-state index >= 15 is 0 Å². The largest absolute Gasteiger partial charge is 0.261 e. The molecule has 0 aliphatic carbocycles. The lowest BCUT2D eigenvalue weighted by molar-refractivity contribution is 0.907. The summed E-state index contributed by atoms with van der Waals surface area (Å²) in [6, 6.07) is 8.16. The van der Waals surface area contributed by atoms with Gasteiger partial charge >= 0.3 is 0 Å². The zero-order valence-corrected chi connectivity index (χ0v) is 9.96. The number of aromatic nitrogens is 3. The first kappa shape index (κ1) is 10.5. The second kappa shape index (κ2) is 4.01. The highest BCUT2D eigenvalue weighted by molar-refractivity contribution is 5.85. The van der Waals surface area contributed by atoms with Gasteiger partial charge < -0.3 is 0 Å². The number of hydrogen-bond donors (Lipinski definition) is 0. The fraction of sp³-hybridized carbons (Fsp3) is 0.0667. The maximum atomic E-state index is 5.46. The molecule has 1 aromatic carbocycles. The highest BCUT2D eigenvalue weighted by atomic mass is 15.3. The van der Waals surface area contributed by atoms with E-state index in [4.69, 9.17) is 6.42 Å². The van der Waals surface area contributed by atoms with Crippen molar-refractivity contribution in [3.05, 3.63) is 54.0 Å². The average molecular weight is 233 g/mol. The summed E-state index contributed by atoms with van der Waals surface area (Å²) >= 11 is 0. The maximum absolute atomic E-state index is 5.46. The van der Waals surface area contributed by atoms with Gasteiger partial charge in [0.15, 0.2) is 0 Å². The first-order chi connectivity index (χ1) is 8.79. The minimum atomic E-state index is 0.770. The molecule has 86 valence electrons. The summed E-state index contributed by atoms with van der Waals surface area (Å²) in [7, 11) is 0. The molecule has 2 aromatic heterocycles. The van der Waals surface area contributed by atoms with Crippen LogP contribution in [0.25, 0.3) is 16.6 Å². The molecule has 0 radical (unpaired) electrons. The number of rotatable bonds is 1. The Hall–Kier alpha value is -2.60. The Labute approximate surface area is 105 Å². The van der Waals surface area contributed by atoms with Crippen molar-refractivity contribution >= 4 is 10.9 Å². The minimum absolute atomic E-state index is 0.770. The number of aryl methyl sites for hydroxylation is 1. The smallest absolute Gasteiger partial charge is 0.0936 e.